The molecule has 0 N–H and O–H groups in total. The molecule has 2 aliphatic rings. The van der Waals surface area contributed by atoms with E-state index in [4.69, 9.17) is 18.6 Å². The molecule has 4 nitrogen and oxygen atoms in total. The molecule has 2 heterocycles. The highest BCUT2D eigenvalue weighted by molar-refractivity contribution is 6.63. The van der Waals surface area contributed by atoms with Gasteiger partial charge in [-0.1, -0.05) is 52.0 Å². The summed E-state index contributed by atoms with van der Waals surface area (Å²) in [5.41, 5.74) is 1.50. The van der Waals surface area contributed by atoms with Crippen LogP contribution in [0.5, 0.6) is 0 Å². The number of rotatable bonds is 2. The van der Waals surface area contributed by atoms with E-state index in [9.17, 15) is 0 Å². The van der Waals surface area contributed by atoms with Gasteiger partial charge in [-0.15, -0.1) is 0 Å². The van der Waals surface area contributed by atoms with E-state index in [2.05, 4.69) is 55.4 Å². The monoisotopic (exact) mass is 358 g/mol. The Morgan fingerprint density at radius 3 is 1.19 bits per heavy atom. The highest BCUT2D eigenvalue weighted by atomic mass is 16.6. The molecule has 0 aromatic heterocycles. The van der Waals surface area contributed by atoms with Gasteiger partial charge in [0.25, 0.3) is 0 Å². The van der Waals surface area contributed by atoms with Crippen LogP contribution in [0, 0.1) is 10.8 Å². The van der Waals surface area contributed by atoms with Crippen LogP contribution in [0.15, 0.2) is 24.3 Å². The summed E-state index contributed by atoms with van der Waals surface area (Å²) in [7, 11) is -0.675. The Bertz CT molecular complexity index is 595. The summed E-state index contributed by atoms with van der Waals surface area (Å²) >= 11 is 0. The smallest absolute Gasteiger partial charge is 0.407 e. The zero-order valence-electron chi connectivity index (χ0n) is 17.5. The molecule has 0 amide bonds. The van der Waals surface area contributed by atoms with E-state index in [0.717, 1.165) is 10.9 Å². The maximum atomic E-state index is 6.24. The van der Waals surface area contributed by atoms with E-state index in [0.29, 0.717) is 13.2 Å². The minimum Gasteiger partial charge on any atom is -0.407 e. The first-order chi connectivity index (χ1) is 11.8. The molecule has 2 saturated heterocycles. The van der Waals surface area contributed by atoms with Crippen LogP contribution >= 0.6 is 0 Å². The molecule has 0 spiro atoms. The fraction of sp³-hybridized carbons (Fsp3) is 0.700. The molecule has 0 saturated carbocycles. The fourth-order valence-corrected chi connectivity index (χ4v) is 2.98. The average Bonchev–Trinajstić information content (AvgIpc) is 2.53. The SMILES string of the molecule is CC1(C)COB(c2ccc(B3OCC(C)(C)C(C)(C)O3)cc2)OC1(C)C. The van der Waals surface area contributed by atoms with Crippen LogP contribution in [0.3, 0.4) is 0 Å². The van der Waals surface area contributed by atoms with Crippen molar-refractivity contribution < 1.29 is 18.6 Å². The number of hydrogen-bond donors (Lipinski definition) is 0. The highest BCUT2D eigenvalue weighted by Crippen LogP contribution is 2.39. The van der Waals surface area contributed by atoms with E-state index in [1.54, 1.807) is 0 Å². The number of benzene rings is 1. The third-order valence-corrected chi connectivity index (χ3v) is 6.73. The maximum Gasteiger partial charge on any atom is 0.494 e. The molecule has 3 rings (SSSR count). The molecule has 1 aromatic rings. The minimum atomic E-state index is -0.337. The molecular formula is C20H32B2O4. The van der Waals surface area contributed by atoms with E-state index in [1.165, 1.54) is 0 Å². The second kappa shape index (κ2) is 6.37. The standard InChI is InChI=1S/C20H32B2O4/c1-17(2)13-23-21(25-19(17,5)6)15-9-11-16(12-10-15)22-24-14-18(3,4)20(7,8)26-22/h9-12H,13-14H2,1-8H3. The van der Waals surface area contributed by atoms with Crippen LogP contribution < -0.4 is 10.9 Å². The lowest BCUT2D eigenvalue weighted by Crippen LogP contribution is -2.59. The van der Waals surface area contributed by atoms with Crippen molar-refractivity contribution in [2.45, 2.75) is 66.6 Å². The normalized spacial score (nSPS) is 26.6. The van der Waals surface area contributed by atoms with Crippen molar-refractivity contribution in [1.82, 2.24) is 0 Å². The Morgan fingerprint density at radius 1 is 0.615 bits per heavy atom. The Hall–Kier alpha value is -0.810. The lowest BCUT2D eigenvalue weighted by molar-refractivity contribution is -0.0941. The Kier molecular flexibility index (Phi) is 4.88. The predicted molar refractivity (Wildman–Crippen MR) is 107 cm³/mol. The first kappa shape index (κ1) is 19.9. The van der Waals surface area contributed by atoms with Gasteiger partial charge in [-0.25, -0.2) is 0 Å². The van der Waals surface area contributed by atoms with Gasteiger partial charge in [0.2, 0.25) is 0 Å². The quantitative estimate of drug-likeness (QED) is 0.762. The predicted octanol–water partition coefficient (Wildman–Crippen LogP) is 2.78. The summed E-state index contributed by atoms with van der Waals surface area (Å²) in [6, 6.07) is 8.20. The van der Waals surface area contributed by atoms with E-state index in [-0.39, 0.29) is 36.3 Å². The summed E-state index contributed by atoms with van der Waals surface area (Å²) < 4.78 is 24.4. The molecule has 142 valence electrons. The van der Waals surface area contributed by atoms with Gasteiger partial charge in [-0.2, -0.15) is 0 Å². The van der Waals surface area contributed by atoms with Crippen molar-refractivity contribution >= 4 is 25.2 Å². The molecule has 0 atom stereocenters. The van der Waals surface area contributed by atoms with Gasteiger partial charge in [0, 0.05) is 24.0 Å². The van der Waals surface area contributed by atoms with Crippen LogP contribution in [0.1, 0.15) is 55.4 Å². The molecule has 0 aliphatic carbocycles. The molecule has 1 aromatic carbocycles. The summed E-state index contributed by atoms with van der Waals surface area (Å²) in [4.78, 5) is 0. The summed E-state index contributed by atoms with van der Waals surface area (Å²) in [6.45, 7) is 18.6. The van der Waals surface area contributed by atoms with Gasteiger partial charge in [-0.3, -0.25) is 0 Å². The van der Waals surface area contributed by atoms with Crippen LogP contribution in [0.2, 0.25) is 0 Å². The lowest BCUT2D eigenvalue weighted by Gasteiger charge is -2.48. The molecule has 0 bridgehead atoms. The van der Waals surface area contributed by atoms with Gasteiger partial charge >= 0.3 is 14.2 Å². The largest absolute Gasteiger partial charge is 0.494 e. The summed E-state index contributed by atoms with van der Waals surface area (Å²) in [5, 5.41) is 0. The molecular weight excluding hydrogens is 326 g/mol. The van der Waals surface area contributed by atoms with Gasteiger partial charge in [0.1, 0.15) is 0 Å². The second-order valence-corrected chi connectivity index (χ2v) is 9.98. The molecule has 2 aliphatic heterocycles. The van der Waals surface area contributed by atoms with E-state index >= 15 is 0 Å². The van der Waals surface area contributed by atoms with Gasteiger partial charge in [-0.05, 0) is 38.6 Å². The minimum absolute atomic E-state index is 0.0222. The van der Waals surface area contributed by atoms with Crippen molar-refractivity contribution in [2.24, 2.45) is 10.8 Å². The Balaban J connectivity index is 1.72. The second-order valence-electron chi connectivity index (χ2n) is 9.98. The van der Waals surface area contributed by atoms with Crippen LogP contribution in [-0.2, 0) is 18.6 Å². The average molecular weight is 358 g/mol. The summed E-state index contributed by atoms with van der Waals surface area (Å²) in [6.07, 6.45) is 0. The first-order valence-electron chi connectivity index (χ1n) is 9.53. The highest BCUT2D eigenvalue weighted by Gasteiger charge is 2.48. The summed E-state index contributed by atoms with van der Waals surface area (Å²) in [5.74, 6) is 0. The lowest BCUT2D eigenvalue weighted by atomic mass is 9.67. The third kappa shape index (κ3) is 3.49. The van der Waals surface area contributed by atoms with Crippen LogP contribution in [-0.4, -0.2) is 38.7 Å². The maximum absolute atomic E-state index is 6.24. The number of hydrogen-bond acceptors (Lipinski definition) is 4. The third-order valence-electron chi connectivity index (χ3n) is 6.73. The molecule has 6 heteroatoms. The molecule has 26 heavy (non-hydrogen) atoms. The van der Waals surface area contributed by atoms with Gasteiger partial charge in [0.05, 0.1) is 11.2 Å². The van der Waals surface area contributed by atoms with Gasteiger partial charge in [0.15, 0.2) is 0 Å². The van der Waals surface area contributed by atoms with Crippen molar-refractivity contribution in [2.75, 3.05) is 13.2 Å². The van der Waals surface area contributed by atoms with E-state index < -0.39 is 0 Å². The molecule has 0 unspecified atom stereocenters. The van der Waals surface area contributed by atoms with Crippen LogP contribution in [0.4, 0.5) is 0 Å². The van der Waals surface area contributed by atoms with E-state index in [1.807, 2.05) is 24.3 Å². The topological polar surface area (TPSA) is 36.9 Å². The van der Waals surface area contributed by atoms with Crippen molar-refractivity contribution in [3.63, 3.8) is 0 Å². The Morgan fingerprint density at radius 2 is 0.923 bits per heavy atom. The molecule has 2 fully saturated rings. The molecule has 0 radical (unpaired) electrons. The van der Waals surface area contributed by atoms with Gasteiger partial charge < -0.3 is 18.6 Å². The Labute approximate surface area is 159 Å². The van der Waals surface area contributed by atoms with Crippen molar-refractivity contribution in [3.8, 4) is 0 Å². The fourth-order valence-electron chi connectivity index (χ4n) is 2.98. The zero-order valence-corrected chi connectivity index (χ0v) is 17.5. The van der Waals surface area contributed by atoms with Crippen molar-refractivity contribution in [3.05, 3.63) is 24.3 Å². The van der Waals surface area contributed by atoms with Crippen LogP contribution in [0.25, 0.3) is 0 Å². The first-order valence-corrected chi connectivity index (χ1v) is 9.53. The van der Waals surface area contributed by atoms with Crippen molar-refractivity contribution in [1.29, 1.82) is 0 Å². The zero-order chi connectivity index (χ0) is 19.4.